The Hall–Kier alpha value is -5.59. The molecule has 1 aromatic heterocycles. The average Bonchev–Trinajstić information content (AvgIpc) is 3.70. The molecule has 3 aromatic carbocycles. The molecule has 280 valence electrons. The molecule has 0 unspecified atom stereocenters. The number of H-pyrrole nitrogens is 1. The number of carbonyl (C=O) groups excluding carboxylic acids is 4. The number of amides is 4. The molecule has 1 saturated carbocycles. The highest BCUT2D eigenvalue weighted by Crippen LogP contribution is 2.30. The summed E-state index contributed by atoms with van der Waals surface area (Å²) in [5.74, 6) is -0.108. The van der Waals surface area contributed by atoms with E-state index in [4.69, 9.17) is 4.74 Å². The predicted molar refractivity (Wildman–Crippen MR) is 203 cm³/mol. The van der Waals surface area contributed by atoms with Gasteiger partial charge in [-0.25, -0.2) is 4.79 Å². The Bertz CT molecular complexity index is 1830. The summed E-state index contributed by atoms with van der Waals surface area (Å²) in [5, 5.41) is 22.9. The average molecular weight is 723 g/mol. The van der Waals surface area contributed by atoms with Gasteiger partial charge in [-0.1, -0.05) is 42.5 Å². The third-order valence-electron chi connectivity index (χ3n) is 9.45. The van der Waals surface area contributed by atoms with E-state index in [1.807, 2.05) is 83.1 Å². The van der Waals surface area contributed by atoms with Gasteiger partial charge in [0.15, 0.2) is 0 Å². The van der Waals surface area contributed by atoms with Crippen molar-refractivity contribution in [2.24, 2.45) is 11.8 Å². The van der Waals surface area contributed by atoms with Crippen LogP contribution in [-0.4, -0.2) is 80.6 Å². The maximum absolute atomic E-state index is 13.8. The topological polar surface area (TPSA) is 171 Å². The van der Waals surface area contributed by atoms with Crippen LogP contribution < -0.4 is 16.0 Å². The van der Waals surface area contributed by atoms with Crippen molar-refractivity contribution in [3.05, 3.63) is 83.9 Å². The number of nitrogens with zero attached hydrogens (tertiary/aromatic N) is 4. The van der Waals surface area contributed by atoms with E-state index < -0.39 is 17.7 Å². The number of rotatable bonds is 13. The van der Waals surface area contributed by atoms with Crippen molar-refractivity contribution >= 4 is 29.5 Å². The van der Waals surface area contributed by atoms with E-state index in [0.717, 1.165) is 35.1 Å². The number of hydrogen-bond donors (Lipinski definition) is 4. The van der Waals surface area contributed by atoms with Crippen LogP contribution in [0.15, 0.2) is 72.8 Å². The first-order valence-corrected chi connectivity index (χ1v) is 18.3. The standard InChI is InChI=1S/C40H50N8O5/c1-6-48(7-2)38(51)33-11-9-8-10-32(33)28-16-12-26(13-17-28)24-34(37(50)42-31-22-20-29(21-23-31)35-44-46-47-45-35)43-36(49)30-18-14-27(15-19-30)25-41-39(52)53-40(3,4)5/h8-13,16-17,20-23,27,30,34H,6-7,14-15,18-19,24-25H2,1-5H3,(H,41,52)(H,42,50)(H,43,49)(H,44,45,46,47)/t27?,30?,34-/m0/s1. The van der Waals surface area contributed by atoms with Gasteiger partial charge in [0.2, 0.25) is 17.6 Å². The zero-order chi connectivity index (χ0) is 38.0. The molecule has 1 aliphatic carbocycles. The second-order valence-electron chi connectivity index (χ2n) is 14.4. The molecule has 0 aliphatic heterocycles. The number of anilines is 1. The molecule has 4 aromatic rings. The predicted octanol–water partition coefficient (Wildman–Crippen LogP) is 6.01. The third kappa shape index (κ3) is 10.7. The van der Waals surface area contributed by atoms with Crippen LogP contribution >= 0.6 is 0 Å². The number of carbonyl (C=O) groups is 4. The monoisotopic (exact) mass is 722 g/mol. The number of aromatic amines is 1. The lowest BCUT2D eigenvalue weighted by atomic mass is 9.81. The smallest absolute Gasteiger partial charge is 0.407 e. The first-order valence-electron chi connectivity index (χ1n) is 18.3. The first kappa shape index (κ1) is 38.6. The fourth-order valence-corrected chi connectivity index (χ4v) is 6.54. The first-order chi connectivity index (χ1) is 25.4. The number of benzene rings is 3. The van der Waals surface area contributed by atoms with Gasteiger partial charge in [-0.2, -0.15) is 5.21 Å². The summed E-state index contributed by atoms with van der Waals surface area (Å²) in [6.45, 7) is 11.1. The molecule has 1 atom stereocenters. The largest absolute Gasteiger partial charge is 0.444 e. The van der Waals surface area contributed by atoms with Crippen LogP contribution in [0.1, 0.15) is 76.2 Å². The van der Waals surface area contributed by atoms with Gasteiger partial charge in [0.1, 0.15) is 11.6 Å². The highest BCUT2D eigenvalue weighted by Gasteiger charge is 2.30. The zero-order valence-corrected chi connectivity index (χ0v) is 31.1. The molecule has 1 fully saturated rings. The maximum atomic E-state index is 13.8. The van der Waals surface area contributed by atoms with Crippen LogP contribution in [0.5, 0.6) is 0 Å². The Morgan fingerprint density at radius 2 is 1.55 bits per heavy atom. The van der Waals surface area contributed by atoms with Crippen molar-refractivity contribution in [1.82, 2.24) is 36.2 Å². The van der Waals surface area contributed by atoms with Gasteiger partial charge in [-0.05, 0) is 118 Å². The van der Waals surface area contributed by atoms with Crippen molar-refractivity contribution in [2.75, 3.05) is 25.0 Å². The fraction of sp³-hybridized carbons (Fsp3) is 0.425. The Balaban J connectivity index is 1.27. The van der Waals surface area contributed by atoms with Crippen LogP contribution in [0.2, 0.25) is 0 Å². The number of ether oxygens (including phenoxy) is 1. The minimum absolute atomic E-state index is 0.0206. The SMILES string of the molecule is CCN(CC)C(=O)c1ccccc1-c1ccc(C[C@H](NC(=O)C2CCC(CNC(=O)OC(C)(C)C)CC2)C(=O)Nc2ccc(-c3nn[nH]n3)cc2)cc1. The maximum Gasteiger partial charge on any atom is 0.407 e. The van der Waals surface area contributed by atoms with Crippen LogP contribution in [0.3, 0.4) is 0 Å². The van der Waals surface area contributed by atoms with Gasteiger partial charge < -0.3 is 25.6 Å². The lowest BCUT2D eigenvalue weighted by Gasteiger charge is -2.29. The summed E-state index contributed by atoms with van der Waals surface area (Å²) in [5.41, 5.74) is 3.93. The molecule has 4 amide bonds. The number of aromatic nitrogens is 4. The van der Waals surface area contributed by atoms with Gasteiger partial charge in [-0.3, -0.25) is 14.4 Å². The van der Waals surface area contributed by atoms with E-state index in [2.05, 4.69) is 36.6 Å². The van der Waals surface area contributed by atoms with E-state index in [0.29, 0.717) is 49.6 Å². The molecule has 1 heterocycles. The van der Waals surface area contributed by atoms with Gasteiger partial charge in [0.25, 0.3) is 5.91 Å². The summed E-state index contributed by atoms with van der Waals surface area (Å²) in [6, 6.07) is 21.5. The Morgan fingerprint density at radius 1 is 0.887 bits per heavy atom. The molecular formula is C40H50N8O5. The van der Waals surface area contributed by atoms with Crippen LogP contribution in [0.4, 0.5) is 10.5 Å². The molecule has 13 heteroatoms. The van der Waals surface area contributed by atoms with Crippen LogP contribution in [-0.2, 0) is 20.7 Å². The summed E-state index contributed by atoms with van der Waals surface area (Å²) >= 11 is 0. The third-order valence-corrected chi connectivity index (χ3v) is 9.45. The van der Waals surface area contributed by atoms with E-state index in [1.54, 1.807) is 29.2 Å². The molecule has 4 N–H and O–H groups in total. The molecule has 0 saturated heterocycles. The van der Waals surface area contributed by atoms with Crippen molar-refractivity contribution in [2.45, 2.75) is 78.4 Å². The van der Waals surface area contributed by atoms with Gasteiger partial charge in [0.05, 0.1) is 0 Å². The normalized spacial score (nSPS) is 16.2. The van der Waals surface area contributed by atoms with Crippen molar-refractivity contribution in [3.63, 3.8) is 0 Å². The molecule has 5 rings (SSSR count). The number of hydrogen-bond acceptors (Lipinski definition) is 8. The summed E-state index contributed by atoms with van der Waals surface area (Å²) < 4.78 is 5.35. The molecule has 13 nitrogen and oxygen atoms in total. The lowest BCUT2D eigenvalue weighted by Crippen LogP contribution is -2.48. The van der Waals surface area contributed by atoms with Gasteiger partial charge in [0, 0.05) is 48.8 Å². The number of nitrogens with one attached hydrogen (secondary N) is 4. The molecule has 53 heavy (non-hydrogen) atoms. The van der Waals surface area contributed by atoms with E-state index in [9.17, 15) is 19.2 Å². The molecular weight excluding hydrogens is 672 g/mol. The van der Waals surface area contributed by atoms with E-state index >= 15 is 0 Å². The molecule has 0 radical (unpaired) electrons. The Morgan fingerprint density at radius 3 is 2.17 bits per heavy atom. The Kier molecular flexibility index (Phi) is 12.9. The van der Waals surface area contributed by atoms with E-state index in [1.165, 1.54) is 0 Å². The second kappa shape index (κ2) is 17.8. The van der Waals surface area contributed by atoms with Crippen molar-refractivity contribution in [3.8, 4) is 22.5 Å². The van der Waals surface area contributed by atoms with Crippen molar-refractivity contribution < 1.29 is 23.9 Å². The lowest BCUT2D eigenvalue weighted by molar-refractivity contribution is -0.130. The van der Waals surface area contributed by atoms with Gasteiger partial charge in [-0.15, -0.1) is 10.2 Å². The number of alkyl carbamates (subject to hydrolysis) is 1. The summed E-state index contributed by atoms with van der Waals surface area (Å²) in [7, 11) is 0. The summed E-state index contributed by atoms with van der Waals surface area (Å²) in [6.07, 6.45) is 2.67. The second-order valence-corrected chi connectivity index (χ2v) is 14.4. The molecule has 0 spiro atoms. The number of tetrazole rings is 1. The van der Waals surface area contributed by atoms with E-state index in [-0.39, 0.29) is 36.0 Å². The quantitative estimate of drug-likeness (QED) is 0.130. The molecule has 1 aliphatic rings. The fourth-order valence-electron chi connectivity index (χ4n) is 6.54. The highest BCUT2D eigenvalue weighted by molar-refractivity contribution is 6.01. The summed E-state index contributed by atoms with van der Waals surface area (Å²) in [4.78, 5) is 54.7. The zero-order valence-electron chi connectivity index (χ0n) is 31.1. The van der Waals surface area contributed by atoms with Crippen LogP contribution in [0.25, 0.3) is 22.5 Å². The molecule has 0 bridgehead atoms. The van der Waals surface area contributed by atoms with Crippen molar-refractivity contribution in [1.29, 1.82) is 0 Å². The minimum Gasteiger partial charge on any atom is -0.444 e. The van der Waals surface area contributed by atoms with Gasteiger partial charge >= 0.3 is 6.09 Å². The minimum atomic E-state index is -0.853. The Labute approximate surface area is 310 Å². The highest BCUT2D eigenvalue weighted by atomic mass is 16.6. The van der Waals surface area contributed by atoms with Crippen LogP contribution in [0, 0.1) is 11.8 Å².